The lowest BCUT2D eigenvalue weighted by molar-refractivity contribution is -0.126. The summed E-state index contributed by atoms with van der Waals surface area (Å²) in [4.78, 5) is 15.6. The van der Waals surface area contributed by atoms with Crippen LogP contribution in [0.5, 0.6) is 0 Å². The molecule has 0 aliphatic carbocycles. The van der Waals surface area contributed by atoms with Gasteiger partial charge in [-0.1, -0.05) is 24.3 Å². The van der Waals surface area contributed by atoms with E-state index in [2.05, 4.69) is 20.7 Å². The Morgan fingerprint density at radius 3 is 2.57 bits per heavy atom. The highest BCUT2D eigenvalue weighted by Gasteiger charge is 2.24. The number of halogens is 1. The average molecular weight is 308 g/mol. The van der Waals surface area contributed by atoms with Gasteiger partial charge in [-0.3, -0.25) is 4.79 Å². The fourth-order valence-corrected chi connectivity index (χ4v) is 2.07. The first-order chi connectivity index (χ1) is 9.81. The van der Waals surface area contributed by atoms with Crippen LogP contribution < -0.4 is 10.6 Å². The van der Waals surface area contributed by atoms with E-state index < -0.39 is 0 Å². The monoisotopic (exact) mass is 307 g/mol. The number of rotatable bonds is 5. The molecule has 2 aromatic rings. The summed E-state index contributed by atoms with van der Waals surface area (Å²) in [6.45, 7) is 2.88. The number of nitrogens with zero attached hydrogens (tertiary/aromatic N) is 3. The zero-order valence-corrected chi connectivity index (χ0v) is 12.3. The van der Waals surface area contributed by atoms with Crippen LogP contribution in [0, 0.1) is 5.92 Å². The van der Waals surface area contributed by atoms with Crippen molar-refractivity contribution in [3.8, 4) is 0 Å². The third-order valence-electron chi connectivity index (χ3n) is 3.45. The van der Waals surface area contributed by atoms with Crippen molar-refractivity contribution < 1.29 is 4.79 Å². The van der Waals surface area contributed by atoms with E-state index >= 15 is 0 Å². The highest BCUT2D eigenvalue weighted by Crippen LogP contribution is 2.07. The summed E-state index contributed by atoms with van der Waals surface area (Å²) < 4.78 is 1.78. The van der Waals surface area contributed by atoms with Crippen molar-refractivity contribution in [2.24, 2.45) is 5.92 Å². The molecule has 0 saturated carbocycles. The second-order valence-corrected chi connectivity index (χ2v) is 4.98. The predicted octanol–water partition coefficient (Wildman–Crippen LogP) is 0.584. The molecular weight excluding hydrogens is 290 g/mol. The van der Waals surface area contributed by atoms with Gasteiger partial charge in [0.1, 0.15) is 12.7 Å². The number of hydrogen-bond acceptors (Lipinski definition) is 4. The Morgan fingerprint density at radius 2 is 2.00 bits per heavy atom. The summed E-state index contributed by atoms with van der Waals surface area (Å²) in [5.74, 6) is 0.275. The summed E-state index contributed by atoms with van der Waals surface area (Å²) >= 11 is 0. The van der Waals surface area contributed by atoms with Gasteiger partial charge in [-0.2, -0.15) is 5.10 Å². The van der Waals surface area contributed by atoms with Crippen molar-refractivity contribution in [3.05, 3.63) is 48.0 Å². The zero-order valence-electron chi connectivity index (χ0n) is 11.5. The molecule has 0 unspecified atom stereocenters. The maximum absolute atomic E-state index is 11.7. The molecule has 1 aromatic heterocycles. The molecule has 112 valence electrons. The highest BCUT2D eigenvalue weighted by molar-refractivity contribution is 5.85. The van der Waals surface area contributed by atoms with Gasteiger partial charge in [0, 0.05) is 19.6 Å². The van der Waals surface area contributed by atoms with Crippen LogP contribution in [0.25, 0.3) is 0 Å². The fraction of sp³-hybridized carbons (Fsp3) is 0.357. The number of nitrogens with one attached hydrogen (secondary N) is 2. The summed E-state index contributed by atoms with van der Waals surface area (Å²) in [5, 5.41) is 10.1. The van der Waals surface area contributed by atoms with Crippen LogP contribution in [-0.4, -0.2) is 33.8 Å². The largest absolute Gasteiger partial charge is 0.352 e. The molecule has 21 heavy (non-hydrogen) atoms. The lowest BCUT2D eigenvalue weighted by atomic mass is 10.0. The van der Waals surface area contributed by atoms with Crippen molar-refractivity contribution >= 4 is 18.3 Å². The summed E-state index contributed by atoms with van der Waals surface area (Å²) in [6.07, 6.45) is 3.22. The van der Waals surface area contributed by atoms with Gasteiger partial charge in [-0.25, -0.2) is 9.67 Å². The van der Waals surface area contributed by atoms with Crippen LogP contribution in [0.1, 0.15) is 11.1 Å². The minimum Gasteiger partial charge on any atom is -0.352 e. The maximum atomic E-state index is 11.7. The van der Waals surface area contributed by atoms with Gasteiger partial charge in [-0.05, 0) is 11.1 Å². The van der Waals surface area contributed by atoms with Crippen LogP contribution in [-0.2, 0) is 17.9 Å². The van der Waals surface area contributed by atoms with Crippen molar-refractivity contribution in [2.75, 3.05) is 13.1 Å². The molecule has 0 bridgehead atoms. The molecule has 2 heterocycles. The molecule has 7 heteroatoms. The van der Waals surface area contributed by atoms with Crippen molar-refractivity contribution in [1.29, 1.82) is 0 Å². The Kier molecular flexibility index (Phi) is 5.30. The smallest absolute Gasteiger partial charge is 0.225 e. The highest BCUT2D eigenvalue weighted by atomic mass is 35.5. The Morgan fingerprint density at radius 1 is 1.29 bits per heavy atom. The second-order valence-electron chi connectivity index (χ2n) is 4.98. The standard InChI is InChI=1S/C14H17N5O.ClH/c20-14(13-6-15-7-13)17-5-11-1-3-12(4-2-11)8-19-10-16-9-18-19;/h1-4,9-10,13,15H,5-8H2,(H,17,20);1H. The topological polar surface area (TPSA) is 71.8 Å². The summed E-state index contributed by atoms with van der Waals surface area (Å²) in [6, 6.07) is 8.17. The Labute approximate surface area is 129 Å². The van der Waals surface area contributed by atoms with Crippen LogP contribution in [0.3, 0.4) is 0 Å². The third-order valence-corrected chi connectivity index (χ3v) is 3.45. The Balaban J connectivity index is 0.00000161. The van der Waals surface area contributed by atoms with Crippen LogP contribution in [0.4, 0.5) is 0 Å². The number of aromatic nitrogens is 3. The minimum absolute atomic E-state index is 0. The lowest BCUT2D eigenvalue weighted by Crippen LogP contribution is -2.50. The zero-order chi connectivity index (χ0) is 13.8. The molecule has 1 fully saturated rings. The van der Waals surface area contributed by atoms with E-state index in [4.69, 9.17) is 0 Å². The average Bonchev–Trinajstić information content (AvgIpc) is 2.89. The van der Waals surface area contributed by atoms with Gasteiger partial charge >= 0.3 is 0 Å². The number of benzene rings is 1. The maximum Gasteiger partial charge on any atom is 0.225 e. The first-order valence-corrected chi connectivity index (χ1v) is 6.70. The summed E-state index contributed by atoms with van der Waals surface area (Å²) in [5.41, 5.74) is 2.27. The molecule has 0 spiro atoms. The molecule has 0 radical (unpaired) electrons. The van der Waals surface area contributed by atoms with E-state index in [0.717, 1.165) is 24.2 Å². The van der Waals surface area contributed by atoms with Gasteiger partial charge in [-0.15, -0.1) is 12.4 Å². The molecule has 1 aliphatic rings. The number of carbonyl (C=O) groups is 1. The second kappa shape index (κ2) is 7.19. The van der Waals surface area contributed by atoms with Crippen molar-refractivity contribution in [3.63, 3.8) is 0 Å². The van der Waals surface area contributed by atoms with Crippen LogP contribution >= 0.6 is 12.4 Å². The van der Waals surface area contributed by atoms with E-state index in [1.807, 2.05) is 24.3 Å². The van der Waals surface area contributed by atoms with E-state index in [9.17, 15) is 4.79 Å². The number of carbonyl (C=O) groups excluding carboxylic acids is 1. The molecule has 1 aromatic carbocycles. The van der Waals surface area contributed by atoms with Gasteiger partial charge in [0.05, 0.1) is 12.5 Å². The van der Waals surface area contributed by atoms with E-state index in [-0.39, 0.29) is 24.2 Å². The molecule has 0 atom stereocenters. The Bertz CT molecular complexity index is 566. The normalized spacial score (nSPS) is 14.1. The van der Waals surface area contributed by atoms with Crippen LogP contribution in [0.15, 0.2) is 36.9 Å². The molecule has 1 amide bonds. The molecule has 6 nitrogen and oxygen atoms in total. The van der Waals surface area contributed by atoms with E-state index in [1.165, 1.54) is 6.33 Å². The first-order valence-electron chi connectivity index (χ1n) is 6.70. The van der Waals surface area contributed by atoms with Gasteiger partial charge in [0.2, 0.25) is 5.91 Å². The summed E-state index contributed by atoms with van der Waals surface area (Å²) in [7, 11) is 0. The number of amides is 1. The molecule has 2 N–H and O–H groups in total. The molecule has 3 rings (SSSR count). The molecular formula is C14H18ClN5O. The van der Waals surface area contributed by atoms with E-state index in [0.29, 0.717) is 13.1 Å². The quantitative estimate of drug-likeness (QED) is 0.848. The molecule has 1 saturated heterocycles. The Hall–Kier alpha value is -1.92. The van der Waals surface area contributed by atoms with Gasteiger partial charge in [0.25, 0.3) is 0 Å². The SMILES string of the molecule is Cl.O=C(NCc1ccc(Cn2cncn2)cc1)C1CNC1. The fourth-order valence-electron chi connectivity index (χ4n) is 2.07. The first kappa shape index (κ1) is 15.5. The lowest BCUT2D eigenvalue weighted by Gasteiger charge is -2.25. The van der Waals surface area contributed by atoms with E-state index in [1.54, 1.807) is 11.0 Å². The number of hydrogen-bond donors (Lipinski definition) is 2. The minimum atomic E-state index is 0. The van der Waals surface area contributed by atoms with Gasteiger partial charge in [0.15, 0.2) is 0 Å². The molecule has 1 aliphatic heterocycles. The van der Waals surface area contributed by atoms with Crippen LogP contribution in [0.2, 0.25) is 0 Å². The van der Waals surface area contributed by atoms with Crippen molar-refractivity contribution in [2.45, 2.75) is 13.1 Å². The van der Waals surface area contributed by atoms with Gasteiger partial charge < -0.3 is 10.6 Å². The third kappa shape index (κ3) is 4.03. The van der Waals surface area contributed by atoms with Crippen molar-refractivity contribution in [1.82, 2.24) is 25.4 Å². The predicted molar refractivity (Wildman–Crippen MR) is 81.0 cm³/mol.